The second-order valence-electron chi connectivity index (χ2n) is 7.75. The molecule has 0 bridgehead atoms. The summed E-state index contributed by atoms with van der Waals surface area (Å²) in [5.41, 5.74) is 2.40. The zero-order chi connectivity index (χ0) is 23.7. The lowest BCUT2D eigenvalue weighted by Gasteiger charge is -2.14. The number of hydrogen-bond acceptors (Lipinski definition) is 7. The molecule has 4 aromatic rings. The van der Waals surface area contributed by atoms with E-state index < -0.39 is 0 Å². The molecule has 1 N–H and O–H groups in total. The molecule has 5 rings (SSSR count). The Balaban J connectivity index is 1.54. The maximum atomic E-state index is 13.5. The number of rotatable bonds is 6. The highest BCUT2D eigenvalue weighted by Gasteiger charge is 2.32. The van der Waals surface area contributed by atoms with Gasteiger partial charge in [0.15, 0.2) is 0 Å². The summed E-state index contributed by atoms with van der Waals surface area (Å²) in [4.78, 5) is 33.3. The van der Waals surface area contributed by atoms with Gasteiger partial charge >= 0.3 is 0 Å². The Morgan fingerprint density at radius 1 is 1.12 bits per heavy atom. The first-order valence-electron chi connectivity index (χ1n) is 10.6. The summed E-state index contributed by atoms with van der Waals surface area (Å²) in [6, 6.07) is 17.0. The molecule has 4 heterocycles. The smallest absolute Gasteiger partial charge is 0.267 e. The van der Waals surface area contributed by atoms with Crippen LogP contribution in [0.25, 0.3) is 11.7 Å². The number of nitrogens with one attached hydrogen (secondary N) is 1. The number of anilines is 1. The Bertz CT molecular complexity index is 1480. The molecule has 9 heteroatoms. The average molecular weight is 489 g/mol. The number of carbonyl (C=O) groups is 1. The monoisotopic (exact) mass is 488 g/mol. The summed E-state index contributed by atoms with van der Waals surface area (Å²) in [6.45, 7) is 2.62. The first kappa shape index (κ1) is 22.1. The van der Waals surface area contributed by atoms with Crippen LogP contribution in [-0.4, -0.2) is 24.5 Å². The molecule has 1 saturated heterocycles. The quantitative estimate of drug-likeness (QED) is 0.314. The maximum absolute atomic E-state index is 13.5. The SMILES string of the molecule is Cc1cccn2c(=O)c(C=C3SC(=S)N(Cc4ccccc4)C3=O)c(NCc3ccco3)nc12. The van der Waals surface area contributed by atoms with E-state index in [1.165, 1.54) is 16.2 Å². The number of aromatic nitrogens is 2. The molecule has 1 aromatic carbocycles. The third-order valence-electron chi connectivity index (χ3n) is 5.43. The van der Waals surface area contributed by atoms with Crippen molar-refractivity contribution in [2.75, 3.05) is 5.32 Å². The van der Waals surface area contributed by atoms with Crippen LogP contribution >= 0.6 is 24.0 Å². The largest absolute Gasteiger partial charge is 0.467 e. The molecular formula is C25H20N4O3S2. The Morgan fingerprint density at radius 3 is 2.71 bits per heavy atom. The second-order valence-corrected chi connectivity index (χ2v) is 9.43. The Kier molecular flexibility index (Phi) is 6.04. The van der Waals surface area contributed by atoms with Crippen LogP contribution in [0.5, 0.6) is 0 Å². The minimum absolute atomic E-state index is 0.232. The van der Waals surface area contributed by atoms with Gasteiger partial charge in [-0.05, 0) is 42.3 Å². The number of pyridine rings is 1. The molecule has 0 aliphatic carbocycles. The van der Waals surface area contributed by atoms with Crippen LogP contribution in [0.1, 0.15) is 22.5 Å². The molecule has 1 fully saturated rings. The lowest BCUT2D eigenvalue weighted by atomic mass is 10.2. The van der Waals surface area contributed by atoms with Gasteiger partial charge in [-0.3, -0.25) is 18.9 Å². The van der Waals surface area contributed by atoms with Gasteiger partial charge in [-0.2, -0.15) is 0 Å². The van der Waals surface area contributed by atoms with E-state index in [2.05, 4.69) is 5.32 Å². The fourth-order valence-corrected chi connectivity index (χ4v) is 4.93. The number of thiocarbonyl (C=S) groups is 1. The second kappa shape index (κ2) is 9.28. The highest BCUT2D eigenvalue weighted by Crippen LogP contribution is 2.34. The molecule has 1 amide bonds. The van der Waals surface area contributed by atoms with Crippen molar-refractivity contribution >= 4 is 51.7 Å². The lowest BCUT2D eigenvalue weighted by Crippen LogP contribution is -2.27. The van der Waals surface area contributed by atoms with E-state index in [0.717, 1.165) is 11.1 Å². The van der Waals surface area contributed by atoms with Gasteiger partial charge in [-0.1, -0.05) is 60.4 Å². The molecule has 1 aliphatic heterocycles. The van der Waals surface area contributed by atoms with Gasteiger partial charge in [0.1, 0.15) is 21.5 Å². The van der Waals surface area contributed by atoms with Crippen LogP contribution in [-0.2, 0) is 17.9 Å². The molecule has 7 nitrogen and oxygen atoms in total. The van der Waals surface area contributed by atoms with Crippen LogP contribution in [0, 0.1) is 6.92 Å². The summed E-state index contributed by atoms with van der Waals surface area (Å²) in [5.74, 6) is 0.848. The third-order valence-corrected chi connectivity index (χ3v) is 6.80. The van der Waals surface area contributed by atoms with Crippen molar-refractivity contribution in [3.63, 3.8) is 0 Å². The Morgan fingerprint density at radius 2 is 1.94 bits per heavy atom. The third kappa shape index (κ3) is 4.27. The lowest BCUT2D eigenvalue weighted by molar-refractivity contribution is -0.122. The first-order valence-corrected chi connectivity index (χ1v) is 11.8. The fraction of sp³-hybridized carbons (Fsp3) is 0.120. The molecule has 0 radical (unpaired) electrons. The van der Waals surface area contributed by atoms with Crippen LogP contribution in [0.2, 0.25) is 0 Å². The Hall–Kier alpha value is -3.69. The van der Waals surface area contributed by atoms with Gasteiger partial charge in [-0.25, -0.2) is 4.98 Å². The standard InChI is InChI=1S/C25H20N4O3S2/c1-16-7-5-11-28-22(16)27-21(26-14-18-10-6-12-32-18)19(23(28)30)13-20-24(31)29(25(33)34-20)15-17-8-3-2-4-9-17/h2-13,26H,14-15H2,1H3. The predicted octanol–water partition coefficient (Wildman–Crippen LogP) is 4.61. The predicted molar refractivity (Wildman–Crippen MR) is 137 cm³/mol. The number of nitrogens with zero attached hydrogens (tertiary/aromatic N) is 3. The van der Waals surface area contributed by atoms with E-state index >= 15 is 0 Å². The summed E-state index contributed by atoms with van der Waals surface area (Å²) in [6.07, 6.45) is 4.84. The van der Waals surface area contributed by atoms with Crippen molar-refractivity contribution in [1.29, 1.82) is 0 Å². The molecule has 0 unspecified atom stereocenters. The molecule has 0 atom stereocenters. The van der Waals surface area contributed by atoms with Gasteiger partial charge in [-0.15, -0.1) is 0 Å². The summed E-state index contributed by atoms with van der Waals surface area (Å²) in [5, 5.41) is 3.20. The number of furan rings is 1. The number of thioether (sulfide) groups is 1. The molecule has 3 aromatic heterocycles. The summed E-state index contributed by atoms with van der Waals surface area (Å²) >= 11 is 6.66. The van der Waals surface area contributed by atoms with Gasteiger partial charge in [0.05, 0.1) is 29.8 Å². The number of aryl methyl sites for hydroxylation is 1. The van der Waals surface area contributed by atoms with E-state index in [1.54, 1.807) is 35.6 Å². The highest BCUT2D eigenvalue weighted by molar-refractivity contribution is 8.26. The van der Waals surface area contributed by atoms with E-state index in [9.17, 15) is 9.59 Å². The van der Waals surface area contributed by atoms with Crippen molar-refractivity contribution in [1.82, 2.24) is 14.3 Å². The Labute approximate surface area is 205 Å². The van der Waals surface area contributed by atoms with Gasteiger partial charge in [0, 0.05) is 6.20 Å². The van der Waals surface area contributed by atoms with Crippen molar-refractivity contribution in [3.8, 4) is 0 Å². The zero-order valence-electron chi connectivity index (χ0n) is 18.2. The first-order chi connectivity index (χ1) is 16.5. The maximum Gasteiger partial charge on any atom is 0.267 e. The van der Waals surface area contributed by atoms with Gasteiger partial charge in [0.25, 0.3) is 11.5 Å². The summed E-state index contributed by atoms with van der Waals surface area (Å²) in [7, 11) is 0. The normalized spacial score (nSPS) is 15.0. The number of carbonyl (C=O) groups excluding carboxylic acids is 1. The average Bonchev–Trinajstić information content (AvgIpc) is 3.45. The van der Waals surface area contributed by atoms with E-state index in [-0.39, 0.29) is 17.0 Å². The highest BCUT2D eigenvalue weighted by atomic mass is 32.2. The fourth-order valence-electron chi connectivity index (χ4n) is 3.69. The van der Waals surface area contributed by atoms with Crippen LogP contribution in [0.15, 0.2) is 81.2 Å². The number of amides is 1. The molecule has 34 heavy (non-hydrogen) atoms. The number of fused-ring (bicyclic) bond motifs is 1. The van der Waals surface area contributed by atoms with Crippen molar-refractivity contribution < 1.29 is 9.21 Å². The minimum Gasteiger partial charge on any atom is -0.467 e. The summed E-state index contributed by atoms with van der Waals surface area (Å²) < 4.78 is 7.34. The number of benzene rings is 1. The van der Waals surface area contributed by atoms with E-state index in [0.29, 0.717) is 39.5 Å². The molecular weight excluding hydrogens is 468 g/mol. The van der Waals surface area contributed by atoms with Crippen LogP contribution in [0.4, 0.5) is 5.82 Å². The van der Waals surface area contributed by atoms with Gasteiger partial charge in [0.2, 0.25) is 0 Å². The number of hydrogen-bond donors (Lipinski definition) is 1. The van der Waals surface area contributed by atoms with Crippen LogP contribution in [0.3, 0.4) is 0 Å². The molecule has 0 saturated carbocycles. The van der Waals surface area contributed by atoms with E-state index in [4.69, 9.17) is 21.6 Å². The van der Waals surface area contributed by atoms with Crippen molar-refractivity contribution in [3.05, 3.63) is 105 Å². The molecule has 1 aliphatic rings. The zero-order valence-corrected chi connectivity index (χ0v) is 19.9. The topological polar surface area (TPSA) is 79.9 Å². The van der Waals surface area contributed by atoms with Crippen molar-refractivity contribution in [2.45, 2.75) is 20.0 Å². The van der Waals surface area contributed by atoms with Gasteiger partial charge < -0.3 is 9.73 Å². The molecule has 170 valence electrons. The van der Waals surface area contributed by atoms with Crippen LogP contribution < -0.4 is 10.9 Å². The van der Waals surface area contributed by atoms with Crippen molar-refractivity contribution in [2.24, 2.45) is 0 Å². The van der Waals surface area contributed by atoms with E-state index in [1.807, 2.05) is 49.4 Å². The minimum atomic E-state index is -0.274. The molecule has 0 spiro atoms.